The molecule has 3 fully saturated rings. The van der Waals surface area contributed by atoms with E-state index in [1.54, 1.807) is 18.2 Å². The van der Waals surface area contributed by atoms with Crippen molar-refractivity contribution in [2.75, 3.05) is 6.61 Å². The second-order valence-corrected chi connectivity index (χ2v) is 12.8. The number of benzene rings is 1. The van der Waals surface area contributed by atoms with Crippen molar-refractivity contribution in [1.29, 1.82) is 0 Å². The minimum Gasteiger partial charge on any atom is -0.462 e. The number of ether oxygens (including phenoxy) is 3. The van der Waals surface area contributed by atoms with E-state index < -0.39 is 53.9 Å². The van der Waals surface area contributed by atoms with Crippen LogP contribution in [0.2, 0.25) is 0 Å². The van der Waals surface area contributed by atoms with Crippen molar-refractivity contribution in [1.82, 2.24) is 0 Å². The molecule has 9 nitrogen and oxygen atoms in total. The predicted molar refractivity (Wildman–Crippen MR) is 154 cm³/mol. The van der Waals surface area contributed by atoms with Gasteiger partial charge in [-0.25, -0.2) is 0 Å². The molecule has 9 heteroatoms. The van der Waals surface area contributed by atoms with Gasteiger partial charge in [0.05, 0.1) is 11.7 Å². The van der Waals surface area contributed by atoms with Gasteiger partial charge in [0.2, 0.25) is 6.29 Å². The zero-order chi connectivity index (χ0) is 29.9. The molecule has 42 heavy (non-hydrogen) atoms. The molecule has 11 atom stereocenters. The number of fused-ring (bicyclic) bond motifs is 9. The largest absolute Gasteiger partial charge is 0.462 e. The Morgan fingerprint density at radius 3 is 2.60 bits per heavy atom. The van der Waals surface area contributed by atoms with Crippen LogP contribution < -0.4 is 4.74 Å². The van der Waals surface area contributed by atoms with E-state index in [0.717, 1.165) is 31.2 Å². The summed E-state index contributed by atoms with van der Waals surface area (Å²) in [5.74, 6) is 2.80. The lowest BCUT2D eigenvalue weighted by Crippen LogP contribution is -2.70. The van der Waals surface area contributed by atoms with Gasteiger partial charge in [-0.05, 0) is 93.2 Å². The summed E-state index contributed by atoms with van der Waals surface area (Å²) in [5, 5.41) is 67.5. The second-order valence-electron chi connectivity index (χ2n) is 12.8. The fourth-order valence-corrected chi connectivity index (χ4v) is 7.74. The van der Waals surface area contributed by atoms with Crippen LogP contribution >= 0.6 is 0 Å². The molecule has 6 rings (SSSR count). The summed E-state index contributed by atoms with van der Waals surface area (Å²) < 4.78 is 18.2. The smallest absolute Gasteiger partial charge is 0.232 e. The van der Waals surface area contributed by atoms with Crippen molar-refractivity contribution in [3.05, 3.63) is 42.5 Å². The van der Waals surface area contributed by atoms with Gasteiger partial charge in [-0.1, -0.05) is 30.6 Å². The fraction of sp³-hybridized carbons (Fsp3) is 0.697. The summed E-state index contributed by atoms with van der Waals surface area (Å²) >= 11 is 0. The molecular weight excluding hydrogens is 540 g/mol. The average Bonchev–Trinajstić information content (AvgIpc) is 3.37. The number of hydrogen-bond acceptors (Lipinski definition) is 9. The van der Waals surface area contributed by atoms with Gasteiger partial charge in [0.25, 0.3) is 0 Å². The average molecular weight is 587 g/mol. The van der Waals surface area contributed by atoms with E-state index in [4.69, 9.17) is 14.2 Å². The number of hydrogen-bond donors (Lipinski definition) is 6. The number of allylic oxidation sites excluding steroid dienone is 1. The zero-order valence-corrected chi connectivity index (χ0v) is 24.2. The molecule has 1 aromatic rings. The molecule has 3 heterocycles. The molecule has 232 valence electrons. The molecule has 0 spiro atoms. The van der Waals surface area contributed by atoms with E-state index in [2.05, 4.69) is 18.6 Å². The first-order valence-corrected chi connectivity index (χ1v) is 15.4. The highest BCUT2D eigenvalue weighted by molar-refractivity contribution is 5.29. The first-order chi connectivity index (χ1) is 20.2. The van der Waals surface area contributed by atoms with Gasteiger partial charge in [-0.2, -0.15) is 0 Å². The molecule has 1 aromatic carbocycles. The summed E-state index contributed by atoms with van der Waals surface area (Å²) in [5.41, 5.74) is -1.89. The van der Waals surface area contributed by atoms with E-state index in [-0.39, 0.29) is 37.7 Å². The summed E-state index contributed by atoms with van der Waals surface area (Å²) in [6.45, 7) is 3.65. The molecule has 3 aliphatic heterocycles. The molecular formula is C33H46O9. The third kappa shape index (κ3) is 6.36. The zero-order valence-electron chi connectivity index (χ0n) is 24.2. The minimum absolute atomic E-state index is 0.0757. The van der Waals surface area contributed by atoms with Crippen LogP contribution in [0.15, 0.2) is 36.9 Å². The Balaban J connectivity index is 1.50. The summed E-state index contributed by atoms with van der Waals surface area (Å²) in [7, 11) is 0. The van der Waals surface area contributed by atoms with E-state index in [0.29, 0.717) is 31.4 Å². The van der Waals surface area contributed by atoms with Crippen LogP contribution in [0, 0.1) is 29.8 Å². The lowest BCUT2D eigenvalue weighted by atomic mass is 9.64. The SMILES string of the molecule is C=CCc1ccc(O[C@H]2O[C@H]3[C@@H](O)[C@H](O)[C@]2(O)C[C@H]([C@H]2CC[C@@H]4CCC[C@]4(O)C2)[C@@H](O)CC#CO[C@H]3CCCO)cc1. The molecule has 0 radical (unpaired) electrons. The van der Waals surface area contributed by atoms with Gasteiger partial charge in [0.15, 0.2) is 5.60 Å². The molecule has 2 saturated carbocycles. The molecule has 5 aliphatic rings. The van der Waals surface area contributed by atoms with E-state index in [9.17, 15) is 30.6 Å². The van der Waals surface area contributed by atoms with Crippen LogP contribution in [0.3, 0.4) is 0 Å². The van der Waals surface area contributed by atoms with E-state index in [1.807, 2.05) is 12.1 Å². The van der Waals surface area contributed by atoms with Gasteiger partial charge >= 0.3 is 0 Å². The fourth-order valence-electron chi connectivity index (χ4n) is 7.74. The van der Waals surface area contributed by atoms with Crippen molar-refractivity contribution in [2.24, 2.45) is 17.8 Å². The maximum absolute atomic E-state index is 12.3. The Bertz CT molecular complexity index is 1110. The van der Waals surface area contributed by atoms with E-state index in [1.165, 1.54) is 0 Å². The highest BCUT2D eigenvalue weighted by Gasteiger charge is 2.60. The van der Waals surface area contributed by atoms with Gasteiger partial charge in [0, 0.05) is 13.0 Å². The van der Waals surface area contributed by atoms with Crippen molar-refractivity contribution in [2.45, 2.75) is 119 Å². The van der Waals surface area contributed by atoms with Crippen LogP contribution in [0.4, 0.5) is 0 Å². The molecule has 0 unspecified atom stereocenters. The van der Waals surface area contributed by atoms with Crippen molar-refractivity contribution in [3.63, 3.8) is 0 Å². The van der Waals surface area contributed by atoms with Gasteiger partial charge < -0.3 is 44.8 Å². The molecule has 0 amide bonds. The molecule has 0 aromatic heterocycles. The Labute approximate surface area is 248 Å². The topological polar surface area (TPSA) is 149 Å². The first-order valence-electron chi connectivity index (χ1n) is 15.4. The molecule has 2 bridgehead atoms. The van der Waals surface area contributed by atoms with Gasteiger partial charge in [0.1, 0.15) is 36.3 Å². The van der Waals surface area contributed by atoms with Gasteiger partial charge in [-0.15, -0.1) is 6.58 Å². The second kappa shape index (κ2) is 13.2. The van der Waals surface area contributed by atoms with Crippen molar-refractivity contribution >= 4 is 0 Å². The number of rotatable bonds is 8. The van der Waals surface area contributed by atoms with Crippen LogP contribution in [0.5, 0.6) is 5.75 Å². The Kier molecular flexibility index (Phi) is 9.85. The lowest BCUT2D eigenvalue weighted by Gasteiger charge is -2.52. The number of aliphatic hydroxyl groups excluding tert-OH is 4. The highest BCUT2D eigenvalue weighted by atomic mass is 16.7. The lowest BCUT2D eigenvalue weighted by molar-refractivity contribution is -0.334. The monoisotopic (exact) mass is 586 g/mol. The maximum atomic E-state index is 12.3. The maximum Gasteiger partial charge on any atom is 0.232 e. The van der Waals surface area contributed by atoms with Crippen LogP contribution in [-0.4, -0.2) is 85.3 Å². The van der Waals surface area contributed by atoms with Gasteiger partial charge in [-0.3, -0.25) is 0 Å². The molecule has 6 N–H and O–H groups in total. The molecule has 1 saturated heterocycles. The highest BCUT2D eigenvalue weighted by Crippen LogP contribution is 2.51. The summed E-state index contributed by atoms with van der Waals surface area (Å²) in [4.78, 5) is 0. The third-order valence-electron chi connectivity index (χ3n) is 10.1. The van der Waals surface area contributed by atoms with Crippen LogP contribution in [0.1, 0.15) is 69.8 Å². The Hall–Kier alpha value is -2.16. The first kappa shape index (κ1) is 31.3. The van der Waals surface area contributed by atoms with Crippen LogP contribution in [-0.2, 0) is 15.9 Å². The minimum atomic E-state index is -2.11. The number of aliphatic hydroxyl groups is 6. The third-order valence-corrected chi connectivity index (χ3v) is 10.1. The van der Waals surface area contributed by atoms with Crippen molar-refractivity contribution in [3.8, 4) is 17.8 Å². The molecule has 2 aliphatic carbocycles. The van der Waals surface area contributed by atoms with Crippen LogP contribution in [0.25, 0.3) is 0 Å². The standard InChI is InChI=1S/C33H46O9/c1-2-6-21-10-14-24(15-11-21)41-31-33(39)20-25(22-12-13-23-7-3-16-32(23,38)19-22)26(35)8-5-18-40-27(9-4-17-34)29(42-31)28(36)30(33)37/h2,10-11,14-15,22-23,25-31,34-39H,1,3-4,6-9,12-13,16-17,19-20H2/t22-,23-,25+,26-,27-,28+,29+,30-,31-,32-,33+/m0/s1. The van der Waals surface area contributed by atoms with Crippen molar-refractivity contribution < 1.29 is 44.8 Å². The predicted octanol–water partition coefficient (Wildman–Crippen LogP) is 2.19. The normalized spacial score (nSPS) is 41.8. The summed E-state index contributed by atoms with van der Waals surface area (Å²) in [6, 6.07) is 7.23. The quantitative estimate of drug-likeness (QED) is 0.199. The van der Waals surface area contributed by atoms with E-state index >= 15 is 0 Å². The summed E-state index contributed by atoms with van der Waals surface area (Å²) in [6.07, 6.45) is 2.80. The Morgan fingerprint density at radius 1 is 1.07 bits per heavy atom. The Morgan fingerprint density at radius 2 is 1.86 bits per heavy atom.